The molecule has 0 saturated carbocycles. The van der Waals surface area contributed by atoms with Gasteiger partial charge < -0.3 is 7.59 Å². The van der Waals surface area contributed by atoms with E-state index in [2.05, 4.69) is 11.3 Å². The maximum absolute atomic E-state index is 10.0. The number of carbonyl (C=O) groups excluding carboxylic acids is 2. The van der Waals surface area contributed by atoms with Crippen LogP contribution in [0, 0.1) is 0 Å². The van der Waals surface area contributed by atoms with Gasteiger partial charge in [0.25, 0.3) is 0 Å². The van der Waals surface area contributed by atoms with Crippen LogP contribution in [0.5, 0.6) is 0 Å². The van der Waals surface area contributed by atoms with Crippen LogP contribution in [-0.4, -0.2) is 57.4 Å². The Morgan fingerprint density at radius 3 is 1.67 bits per heavy atom. The number of esters is 2. The summed E-state index contributed by atoms with van der Waals surface area (Å²) in [6.45, 7) is 7.50. The third-order valence-electron chi connectivity index (χ3n) is 0.761. The van der Waals surface area contributed by atoms with Gasteiger partial charge in [0.15, 0.2) is 0 Å². The van der Waals surface area contributed by atoms with Gasteiger partial charge in [-0.15, -0.1) is 6.58 Å². The molecule has 4 heteroatoms. The average Bonchev–Trinajstić information content (AvgIpc) is 2.13. The van der Waals surface area contributed by atoms with E-state index in [0.717, 1.165) is 0 Å². The molecular weight excluding hydrogens is 232 g/mol. The van der Waals surface area contributed by atoms with Gasteiger partial charge in [0, 0.05) is 0 Å². The van der Waals surface area contributed by atoms with Gasteiger partial charge in [-0.05, 0) is 13.8 Å². The first-order chi connectivity index (χ1) is 5.02. The van der Waals surface area contributed by atoms with Crippen molar-refractivity contribution in [1.29, 1.82) is 0 Å². The summed E-state index contributed by atoms with van der Waals surface area (Å²) in [5, 5.41) is 0. The Balaban J connectivity index is -0.0000000650. The molecule has 0 amide bonds. The number of rotatable bonds is 0. The fourth-order valence-corrected chi connectivity index (χ4v) is 0.433. The molecule has 0 aromatic carbocycles. The van der Waals surface area contributed by atoms with Crippen molar-refractivity contribution in [3.63, 3.8) is 0 Å². The van der Waals surface area contributed by atoms with E-state index in [0.29, 0.717) is 0 Å². The number of hydrogen-bond acceptors (Lipinski definition) is 3. The molecular formula is C8H14O3Sr. The molecule has 0 unspecified atom stereocenters. The smallest absolute Gasteiger partial charge is 1.00 e. The van der Waals surface area contributed by atoms with E-state index in [-0.39, 0.29) is 61.2 Å². The number of carbonyl (C=O) groups is 2. The van der Waals surface area contributed by atoms with E-state index in [1.54, 1.807) is 0 Å². The second kappa shape index (κ2) is 7.98. The SMILES string of the molecule is C=C(C)C.O=C1CCC(=O)O1.[H-].[H-].[Sr+2]. The Labute approximate surface area is 112 Å². The maximum atomic E-state index is 10.0. The van der Waals surface area contributed by atoms with Gasteiger partial charge in [-0.3, -0.25) is 9.59 Å². The Hall–Kier alpha value is 0.361. The Morgan fingerprint density at radius 1 is 1.33 bits per heavy atom. The summed E-state index contributed by atoms with van der Waals surface area (Å²) in [6.07, 6.45) is 0.525. The van der Waals surface area contributed by atoms with Crippen molar-refractivity contribution in [3.05, 3.63) is 12.2 Å². The van der Waals surface area contributed by atoms with Gasteiger partial charge in [0.1, 0.15) is 0 Å². The predicted molar refractivity (Wildman–Crippen MR) is 48.8 cm³/mol. The summed E-state index contributed by atoms with van der Waals surface area (Å²) in [5.41, 5.74) is 1.17. The van der Waals surface area contributed by atoms with Crippen LogP contribution in [0.1, 0.15) is 29.5 Å². The van der Waals surface area contributed by atoms with Gasteiger partial charge in [0.2, 0.25) is 0 Å². The molecule has 1 aliphatic heterocycles. The molecule has 0 spiro atoms. The minimum absolute atomic E-state index is 0. The van der Waals surface area contributed by atoms with Crippen LogP contribution in [0.2, 0.25) is 0 Å². The van der Waals surface area contributed by atoms with Crippen molar-refractivity contribution in [1.82, 2.24) is 0 Å². The first kappa shape index (κ1) is 14.9. The number of hydrogen-bond donors (Lipinski definition) is 0. The molecule has 1 aliphatic rings. The summed E-state index contributed by atoms with van der Waals surface area (Å²) in [6, 6.07) is 0. The normalized spacial score (nSPS) is 13.8. The van der Waals surface area contributed by atoms with Crippen LogP contribution in [0.3, 0.4) is 0 Å². The van der Waals surface area contributed by atoms with E-state index in [9.17, 15) is 9.59 Å². The molecule has 1 fully saturated rings. The zero-order valence-corrected chi connectivity index (χ0v) is 11.0. The minimum Gasteiger partial charge on any atom is -1.00 e. The first-order valence-electron chi connectivity index (χ1n) is 3.38. The maximum Gasteiger partial charge on any atom is 2.00 e. The second-order valence-corrected chi connectivity index (χ2v) is 2.55. The van der Waals surface area contributed by atoms with Crippen molar-refractivity contribution < 1.29 is 17.2 Å². The topological polar surface area (TPSA) is 43.4 Å². The van der Waals surface area contributed by atoms with Gasteiger partial charge >= 0.3 is 57.4 Å². The third kappa shape index (κ3) is 10.4. The van der Waals surface area contributed by atoms with E-state index in [4.69, 9.17) is 0 Å². The molecule has 1 heterocycles. The molecule has 1 rings (SSSR count). The van der Waals surface area contributed by atoms with Crippen LogP contribution < -0.4 is 0 Å². The number of ether oxygens (including phenoxy) is 1. The standard InChI is InChI=1S/C4H4O3.C4H8.Sr.2H/c5-3-1-2-4(6)7-3;1-4(2)3;;;/h1-2H2;1H2,2-3H3;;;/q;;+2;2*-1. The molecule has 66 valence electrons. The summed E-state index contributed by atoms with van der Waals surface area (Å²) in [7, 11) is 0. The quantitative estimate of drug-likeness (QED) is 0.280. The fraction of sp³-hybridized carbons (Fsp3) is 0.500. The molecule has 0 N–H and O–H groups in total. The van der Waals surface area contributed by atoms with Crippen LogP contribution in [0.4, 0.5) is 0 Å². The van der Waals surface area contributed by atoms with Gasteiger partial charge in [-0.1, -0.05) is 5.57 Å². The Morgan fingerprint density at radius 2 is 1.58 bits per heavy atom. The van der Waals surface area contributed by atoms with Gasteiger partial charge in [0.05, 0.1) is 12.8 Å². The molecule has 0 bridgehead atoms. The zero-order chi connectivity index (χ0) is 8.85. The third-order valence-corrected chi connectivity index (χ3v) is 0.761. The first-order valence-corrected chi connectivity index (χ1v) is 3.38. The van der Waals surface area contributed by atoms with E-state index in [1.807, 2.05) is 13.8 Å². The minimum atomic E-state index is -0.398. The van der Waals surface area contributed by atoms with Crippen molar-refractivity contribution in [2.75, 3.05) is 0 Å². The molecule has 3 nitrogen and oxygen atoms in total. The molecule has 0 atom stereocenters. The fourth-order valence-electron chi connectivity index (χ4n) is 0.433. The average molecular weight is 246 g/mol. The van der Waals surface area contributed by atoms with Crippen molar-refractivity contribution >= 4 is 57.4 Å². The van der Waals surface area contributed by atoms with Crippen molar-refractivity contribution in [2.45, 2.75) is 26.7 Å². The summed E-state index contributed by atoms with van der Waals surface area (Å²) in [5.74, 6) is -0.796. The van der Waals surface area contributed by atoms with E-state index >= 15 is 0 Å². The second-order valence-electron chi connectivity index (χ2n) is 2.55. The summed E-state index contributed by atoms with van der Waals surface area (Å²) in [4.78, 5) is 20.0. The van der Waals surface area contributed by atoms with E-state index in [1.165, 1.54) is 5.57 Å². The van der Waals surface area contributed by atoms with Crippen LogP contribution in [0.15, 0.2) is 12.2 Å². The zero-order valence-electron chi connectivity index (χ0n) is 9.55. The molecule has 1 saturated heterocycles. The van der Waals surface area contributed by atoms with Crippen LogP contribution in [0.25, 0.3) is 0 Å². The molecule has 0 radical (unpaired) electrons. The summed E-state index contributed by atoms with van der Waals surface area (Å²) >= 11 is 0. The number of cyclic esters (lactones) is 2. The van der Waals surface area contributed by atoms with Crippen LogP contribution >= 0.6 is 0 Å². The largest absolute Gasteiger partial charge is 2.00 e. The van der Waals surface area contributed by atoms with E-state index < -0.39 is 11.9 Å². The number of allylic oxidation sites excluding steroid dienone is 1. The van der Waals surface area contributed by atoms with Gasteiger partial charge in [-0.2, -0.15) is 0 Å². The molecule has 12 heavy (non-hydrogen) atoms. The van der Waals surface area contributed by atoms with Crippen LogP contribution in [-0.2, 0) is 14.3 Å². The predicted octanol–water partition coefficient (Wildman–Crippen LogP) is 1.28. The molecule has 0 aromatic rings. The van der Waals surface area contributed by atoms with Crippen molar-refractivity contribution in [2.24, 2.45) is 0 Å². The van der Waals surface area contributed by atoms with Crippen molar-refractivity contribution in [3.8, 4) is 0 Å². The Kier molecular flexibility index (Phi) is 9.88. The Bertz CT molecular complexity index is 177. The monoisotopic (exact) mass is 246 g/mol. The van der Waals surface area contributed by atoms with Gasteiger partial charge in [-0.25, -0.2) is 0 Å². The molecule has 0 aromatic heterocycles. The molecule has 0 aliphatic carbocycles. The summed E-state index contributed by atoms with van der Waals surface area (Å²) < 4.78 is 4.08.